The van der Waals surface area contributed by atoms with Crippen molar-refractivity contribution in [3.05, 3.63) is 41.7 Å². The van der Waals surface area contributed by atoms with Gasteiger partial charge in [-0.15, -0.1) is 5.10 Å². The summed E-state index contributed by atoms with van der Waals surface area (Å²) in [5, 5.41) is 8.25. The number of methoxy groups -OCH3 is 1. The van der Waals surface area contributed by atoms with Crippen LogP contribution in [0.5, 0.6) is 0 Å². The number of hydrogen-bond donors (Lipinski definition) is 0. The molecule has 0 saturated carbocycles. The Bertz CT molecular complexity index is 496. The Morgan fingerprint density at radius 2 is 2.18 bits per heavy atom. The van der Waals surface area contributed by atoms with Gasteiger partial charge in [-0.1, -0.05) is 39.3 Å². The Hall–Kier alpha value is -1.20. The number of para-hydroxylation sites is 1. The standard InChI is InChI=1S/C12H14BrN3O/c1-9(13)11-7-16(15-14-11)12-6-4-3-5-10(12)8-17-2/h3-7,9H,8H2,1-2H3. The third kappa shape index (κ3) is 2.73. The molecule has 0 saturated heterocycles. The van der Waals surface area contributed by atoms with Gasteiger partial charge in [0.2, 0.25) is 0 Å². The van der Waals surface area contributed by atoms with Crippen LogP contribution in [0.2, 0.25) is 0 Å². The van der Waals surface area contributed by atoms with E-state index < -0.39 is 0 Å². The highest BCUT2D eigenvalue weighted by Crippen LogP contribution is 2.21. The molecule has 0 aliphatic heterocycles. The Morgan fingerprint density at radius 3 is 2.82 bits per heavy atom. The summed E-state index contributed by atoms with van der Waals surface area (Å²) in [6.45, 7) is 2.59. The van der Waals surface area contributed by atoms with Crippen LogP contribution in [-0.2, 0) is 11.3 Å². The van der Waals surface area contributed by atoms with Crippen LogP contribution in [-0.4, -0.2) is 22.1 Å². The summed E-state index contributed by atoms with van der Waals surface area (Å²) < 4.78 is 6.95. The Labute approximate surface area is 109 Å². The maximum Gasteiger partial charge on any atom is 0.0965 e. The summed E-state index contributed by atoms with van der Waals surface area (Å²) in [6.07, 6.45) is 1.92. The van der Waals surface area contributed by atoms with E-state index in [1.165, 1.54) is 0 Å². The minimum Gasteiger partial charge on any atom is -0.380 e. The molecule has 1 aromatic carbocycles. The fourth-order valence-electron chi connectivity index (χ4n) is 1.59. The van der Waals surface area contributed by atoms with Crippen molar-refractivity contribution in [3.63, 3.8) is 0 Å². The van der Waals surface area contributed by atoms with Crippen LogP contribution in [0.1, 0.15) is 23.0 Å². The Kier molecular flexibility index (Phi) is 3.91. The highest BCUT2D eigenvalue weighted by Gasteiger charge is 2.09. The molecule has 1 heterocycles. The van der Waals surface area contributed by atoms with Gasteiger partial charge in [-0.05, 0) is 13.0 Å². The first-order chi connectivity index (χ1) is 8.22. The molecule has 0 aliphatic rings. The first-order valence-electron chi connectivity index (χ1n) is 5.36. The molecule has 0 N–H and O–H groups in total. The van der Waals surface area contributed by atoms with Gasteiger partial charge in [0, 0.05) is 12.7 Å². The lowest BCUT2D eigenvalue weighted by molar-refractivity contribution is 0.184. The predicted molar refractivity (Wildman–Crippen MR) is 69.4 cm³/mol. The van der Waals surface area contributed by atoms with E-state index in [1.807, 2.05) is 37.4 Å². The maximum atomic E-state index is 5.17. The molecule has 1 atom stereocenters. The Morgan fingerprint density at radius 1 is 1.41 bits per heavy atom. The quantitative estimate of drug-likeness (QED) is 0.814. The lowest BCUT2D eigenvalue weighted by atomic mass is 10.2. The molecule has 0 aliphatic carbocycles. The number of aromatic nitrogens is 3. The van der Waals surface area contributed by atoms with Gasteiger partial charge in [0.1, 0.15) is 0 Å². The van der Waals surface area contributed by atoms with E-state index in [0.717, 1.165) is 16.9 Å². The molecule has 17 heavy (non-hydrogen) atoms. The van der Waals surface area contributed by atoms with Crippen LogP contribution in [0.3, 0.4) is 0 Å². The second-order valence-corrected chi connectivity index (χ2v) is 5.14. The van der Waals surface area contributed by atoms with Gasteiger partial charge in [-0.25, -0.2) is 4.68 Å². The topological polar surface area (TPSA) is 39.9 Å². The summed E-state index contributed by atoms with van der Waals surface area (Å²) in [7, 11) is 1.68. The summed E-state index contributed by atoms with van der Waals surface area (Å²) >= 11 is 3.48. The average molecular weight is 296 g/mol. The molecule has 4 nitrogen and oxygen atoms in total. The van der Waals surface area contributed by atoms with E-state index >= 15 is 0 Å². The minimum absolute atomic E-state index is 0.200. The smallest absolute Gasteiger partial charge is 0.0965 e. The van der Waals surface area contributed by atoms with Crippen molar-refractivity contribution < 1.29 is 4.74 Å². The number of ether oxygens (including phenoxy) is 1. The van der Waals surface area contributed by atoms with E-state index in [9.17, 15) is 0 Å². The van der Waals surface area contributed by atoms with Crippen molar-refractivity contribution in [2.45, 2.75) is 18.4 Å². The van der Waals surface area contributed by atoms with Crippen molar-refractivity contribution in [1.82, 2.24) is 15.0 Å². The molecule has 2 aromatic rings. The largest absolute Gasteiger partial charge is 0.380 e. The minimum atomic E-state index is 0.200. The average Bonchev–Trinajstić information content (AvgIpc) is 2.79. The molecule has 0 amide bonds. The van der Waals surface area contributed by atoms with Gasteiger partial charge in [0.05, 0.1) is 29.0 Å². The monoisotopic (exact) mass is 295 g/mol. The highest BCUT2D eigenvalue weighted by molar-refractivity contribution is 9.09. The van der Waals surface area contributed by atoms with Gasteiger partial charge < -0.3 is 4.74 Å². The number of rotatable bonds is 4. The zero-order chi connectivity index (χ0) is 12.3. The molecule has 90 valence electrons. The van der Waals surface area contributed by atoms with Gasteiger partial charge >= 0.3 is 0 Å². The van der Waals surface area contributed by atoms with Crippen LogP contribution in [0.4, 0.5) is 0 Å². The van der Waals surface area contributed by atoms with Crippen molar-refractivity contribution in [3.8, 4) is 5.69 Å². The first-order valence-corrected chi connectivity index (χ1v) is 6.27. The summed E-state index contributed by atoms with van der Waals surface area (Å²) in [4.78, 5) is 0.200. The maximum absolute atomic E-state index is 5.17. The van der Waals surface area contributed by atoms with Crippen LogP contribution in [0, 0.1) is 0 Å². The van der Waals surface area contributed by atoms with Crippen LogP contribution in [0.15, 0.2) is 30.5 Å². The van der Waals surface area contributed by atoms with Crippen molar-refractivity contribution in [2.75, 3.05) is 7.11 Å². The molecule has 0 spiro atoms. The third-order valence-electron chi connectivity index (χ3n) is 2.46. The molecule has 0 radical (unpaired) electrons. The number of alkyl halides is 1. The van der Waals surface area contributed by atoms with Crippen LogP contribution < -0.4 is 0 Å². The number of halogens is 1. The molecule has 0 fully saturated rings. The van der Waals surface area contributed by atoms with E-state index in [-0.39, 0.29) is 4.83 Å². The molecule has 5 heteroatoms. The normalized spacial score (nSPS) is 12.6. The van der Waals surface area contributed by atoms with Crippen molar-refractivity contribution >= 4 is 15.9 Å². The fourth-order valence-corrected chi connectivity index (χ4v) is 1.80. The number of hydrogen-bond acceptors (Lipinski definition) is 3. The van der Waals surface area contributed by atoms with E-state index in [1.54, 1.807) is 11.8 Å². The summed E-state index contributed by atoms with van der Waals surface area (Å²) in [5.74, 6) is 0. The van der Waals surface area contributed by atoms with Gasteiger partial charge in [-0.2, -0.15) is 0 Å². The molecule has 0 bridgehead atoms. The van der Waals surface area contributed by atoms with Gasteiger partial charge in [0.25, 0.3) is 0 Å². The summed E-state index contributed by atoms with van der Waals surface area (Å²) in [5.41, 5.74) is 3.01. The second-order valence-electron chi connectivity index (χ2n) is 3.77. The molecule has 2 rings (SSSR count). The van der Waals surface area contributed by atoms with E-state index in [4.69, 9.17) is 4.74 Å². The fraction of sp³-hybridized carbons (Fsp3) is 0.333. The lowest BCUT2D eigenvalue weighted by Gasteiger charge is -2.07. The third-order valence-corrected chi connectivity index (χ3v) is 2.93. The number of nitrogens with zero attached hydrogens (tertiary/aromatic N) is 3. The van der Waals surface area contributed by atoms with Crippen molar-refractivity contribution in [1.29, 1.82) is 0 Å². The zero-order valence-electron chi connectivity index (χ0n) is 9.80. The zero-order valence-corrected chi connectivity index (χ0v) is 11.4. The van der Waals surface area contributed by atoms with E-state index in [2.05, 4.69) is 26.2 Å². The molecule has 1 unspecified atom stereocenters. The highest BCUT2D eigenvalue weighted by atomic mass is 79.9. The second kappa shape index (κ2) is 5.42. The molecular formula is C12H14BrN3O. The van der Waals surface area contributed by atoms with Crippen molar-refractivity contribution in [2.24, 2.45) is 0 Å². The van der Waals surface area contributed by atoms with Gasteiger partial charge in [0.15, 0.2) is 0 Å². The Balaban J connectivity index is 2.38. The first kappa shape index (κ1) is 12.3. The van der Waals surface area contributed by atoms with Gasteiger partial charge in [-0.3, -0.25) is 0 Å². The lowest BCUT2D eigenvalue weighted by Crippen LogP contribution is -2.01. The SMILES string of the molecule is COCc1ccccc1-n1cc(C(C)Br)nn1. The number of benzene rings is 1. The molecule has 1 aromatic heterocycles. The molecular weight excluding hydrogens is 282 g/mol. The predicted octanol–water partition coefficient (Wildman–Crippen LogP) is 2.87. The van der Waals surface area contributed by atoms with Crippen LogP contribution in [0.25, 0.3) is 5.69 Å². The summed E-state index contributed by atoms with van der Waals surface area (Å²) in [6, 6.07) is 8.00. The van der Waals surface area contributed by atoms with Crippen LogP contribution >= 0.6 is 15.9 Å². The van der Waals surface area contributed by atoms with E-state index in [0.29, 0.717) is 6.61 Å².